The molecule has 0 aliphatic carbocycles. The van der Waals surface area contributed by atoms with Gasteiger partial charge in [0.15, 0.2) is 5.69 Å². The van der Waals surface area contributed by atoms with E-state index in [1.165, 1.54) is 42.4 Å². The number of ether oxygens (including phenoxy) is 1. The topological polar surface area (TPSA) is 64.4 Å². The highest BCUT2D eigenvalue weighted by molar-refractivity contribution is 6.09. The third-order valence-corrected chi connectivity index (χ3v) is 4.32. The fourth-order valence-corrected chi connectivity index (χ4v) is 2.83. The minimum absolute atomic E-state index is 0.204. The summed E-state index contributed by atoms with van der Waals surface area (Å²) < 4.78 is 44.3. The molecule has 9 heteroatoms. The second kappa shape index (κ2) is 8.40. The first kappa shape index (κ1) is 21.1. The number of carbonyl (C=O) groups excluding carboxylic acids is 2. The number of aromatic nitrogens is 2. The van der Waals surface area contributed by atoms with Gasteiger partial charge in [-0.1, -0.05) is 12.1 Å². The number of amides is 1. The summed E-state index contributed by atoms with van der Waals surface area (Å²) in [5, 5.41) is 3.50. The summed E-state index contributed by atoms with van der Waals surface area (Å²) in [5.41, 5.74) is 0.299. The van der Waals surface area contributed by atoms with Crippen LogP contribution in [0.25, 0.3) is 5.69 Å². The zero-order valence-corrected chi connectivity index (χ0v) is 16.2. The highest BCUT2D eigenvalue weighted by atomic mass is 19.4. The number of nitrogens with zero attached hydrogens (tertiary/aromatic N) is 3. The normalized spacial score (nSPS) is 11.2. The van der Waals surface area contributed by atoms with Crippen LogP contribution in [0, 0.1) is 0 Å². The number of hydrogen-bond donors (Lipinski definition) is 0. The lowest BCUT2D eigenvalue weighted by atomic mass is 10.1. The highest BCUT2D eigenvalue weighted by Crippen LogP contribution is 2.28. The van der Waals surface area contributed by atoms with Gasteiger partial charge in [-0.25, -0.2) is 9.48 Å². The van der Waals surface area contributed by atoms with Gasteiger partial charge in [-0.05, 0) is 49.4 Å². The van der Waals surface area contributed by atoms with Gasteiger partial charge in [-0.15, -0.1) is 0 Å². The van der Waals surface area contributed by atoms with Gasteiger partial charge in [0.25, 0.3) is 5.91 Å². The van der Waals surface area contributed by atoms with Crippen LogP contribution in [0.1, 0.15) is 33.3 Å². The molecule has 0 radical (unpaired) electrons. The SMILES string of the molecule is CCOC(=O)c1ccccc1N(C)C(=O)c1ccc(-n2ccc(C(F)(F)F)n2)cc1. The van der Waals surface area contributed by atoms with E-state index in [-0.39, 0.29) is 12.2 Å². The van der Waals surface area contributed by atoms with E-state index in [0.717, 1.165) is 10.7 Å². The molecule has 1 amide bonds. The van der Waals surface area contributed by atoms with Crippen molar-refractivity contribution >= 4 is 17.6 Å². The van der Waals surface area contributed by atoms with Crippen LogP contribution in [0.3, 0.4) is 0 Å². The number of hydrogen-bond acceptors (Lipinski definition) is 4. The van der Waals surface area contributed by atoms with Gasteiger partial charge in [0.2, 0.25) is 0 Å². The lowest BCUT2D eigenvalue weighted by molar-refractivity contribution is -0.141. The Morgan fingerprint density at radius 1 is 1.07 bits per heavy atom. The average molecular weight is 417 g/mol. The second-order valence-electron chi connectivity index (χ2n) is 6.29. The molecular formula is C21H18F3N3O3. The number of benzene rings is 2. The lowest BCUT2D eigenvalue weighted by Crippen LogP contribution is -2.28. The van der Waals surface area contributed by atoms with Crippen LogP contribution in [-0.4, -0.2) is 35.3 Å². The zero-order valence-electron chi connectivity index (χ0n) is 16.2. The van der Waals surface area contributed by atoms with Crippen LogP contribution in [-0.2, 0) is 10.9 Å². The summed E-state index contributed by atoms with van der Waals surface area (Å²) in [6.07, 6.45) is -3.34. The lowest BCUT2D eigenvalue weighted by Gasteiger charge is -2.20. The van der Waals surface area contributed by atoms with Gasteiger partial charge in [0.1, 0.15) is 0 Å². The maximum atomic E-state index is 12.9. The van der Waals surface area contributed by atoms with Crippen LogP contribution >= 0.6 is 0 Å². The molecule has 0 bridgehead atoms. The van der Waals surface area contributed by atoms with Crippen molar-refractivity contribution in [3.63, 3.8) is 0 Å². The van der Waals surface area contributed by atoms with Crippen LogP contribution in [0.4, 0.5) is 18.9 Å². The Morgan fingerprint density at radius 2 is 1.73 bits per heavy atom. The van der Waals surface area contributed by atoms with E-state index in [4.69, 9.17) is 4.74 Å². The fourth-order valence-electron chi connectivity index (χ4n) is 2.83. The van der Waals surface area contributed by atoms with Crippen molar-refractivity contribution < 1.29 is 27.5 Å². The van der Waals surface area contributed by atoms with Gasteiger partial charge < -0.3 is 9.64 Å². The molecule has 0 saturated carbocycles. The third kappa shape index (κ3) is 4.35. The van der Waals surface area contributed by atoms with Crippen molar-refractivity contribution in [3.8, 4) is 5.69 Å². The molecule has 30 heavy (non-hydrogen) atoms. The molecule has 2 aromatic carbocycles. The van der Waals surface area contributed by atoms with Crippen LogP contribution < -0.4 is 4.90 Å². The average Bonchev–Trinajstić information content (AvgIpc) is 3.24. The molecule has 0 spiro atoms. The Labute approximate surface area is 170 Å². The van der Waals surface area contributed by atoms with Crippen molar-refractivity contribution in [2.45, 2.75) is 13.1 Å². The van der Waals surface area contributed by atoms with Gasteiger partial charge in [0, 0.05) is 18.8 Å². The van der Waals surface area contributed by atoms with Crippen molar-refractivity contribution in [1.29, 1.82) is 0 Å². The molecule has 0 aliphatic heterocycles. The number of anilines is 1. The summed E-state index contributed by atoms with van der Waals surface area (Å²) in [7, 11) is 1.53. The molecule has 0 aliphatic rings. The standard InChI is InChI=1S/C21H18F3N3O3/c1-3-30-20(29)16-6-4-5-7-17(16)26(2)19(28)14-8-10-15(11-9-14)27-13-12-18(25-27)21(22,23)24/h4-13H,3H2,1-2H3. The Bertz CT molecular complexity index is 1060. The monoisotopic (exact) mass is 417 g/mol. The first-order valence-electron chi connectivity index (χ1n) is 9.00. The molecule has 3 rings (SSSR count). The highest BCUT2D eigenvalue weighted by Gasteiger charge is 2.33. The predicted molar refractivity (Wildman–Crippen MR) is 104 cm³/mol. The van der Waals surface area contributed by atoms with Crippen molar-refractivity contribution in [1.82, 2.24) is 9.78 Å². The van der Waals surface area contributed by atoms with E-state index >= 15 is 0 Å². The van der Waals surface area contributed by atoms with E-state index in [1.807, 2.05) is 0 Å². The van der Waals surface area contributed by atoms with Gasteiger partial charge in [-0.3, -0.25) is 4.79 Å². The number of rotatable bonds is 5. The number of esters is 1. The number of alkyl halides is 3. The Kier molecular flexibility index (Phi) is 5.91. The van der Waals surface area contributed by atoms with Crippen LogP contribution in [0.15, 0.2) is 60.8 Å². The van der Waals surface area contributed by atoms with E-state index in [2.05, 4.69) is 5.10 Å². The van der Waals surface area contributed by atoms with Crippen LogP contribution in [0.5, 0.6) is 0 Å². The first-order chi connectivity index (χ1) is 14.2. The summed E-state index contributed by atoms with van der Waals surface area (Å²) in [4.78, 5) is 26.3. The predicted octanol–water partition coefficient (Wildman–Crippen LogP) is 4.34. The Balaban J connectivity index is 1.83. The Hall–Kier alpha value is -3.62. The molecule has 1 heterocycles. The van der Waals surface area contributed by atoms with Crippen molar-refractivity contribution in [2.24, 2.45) is 0 Å². The number of para-hydroxylation sites is 1. The minimum Gasteiger partial charge on any atom is -0.462 e. The molecule has 156 valence electrons. The van der Waals surface area contributed by atoms with Gasteiger partial charge in [-0.2, -0.15) is 18.3 Å². The van der Waals surface area contributed by atoms with E-state index in [1.54, 1.807) is 31.2 Å². The number of carbonyl (C=O) groups is 2. The fraction of sp³-hybridized carbons (Fsp3) is 0.190. The molecular weight excluding hydrogens is 399 g/mol. The van der Waals surface area contributed by atoms with E-state index in [9.17, 15) is 22.8 Å². The smallest absolute Gasteiger partial charge is 0.435 e. The summed E-state index contributed by atoms with van der Waals surface area (Å²) in [6.45, 7) is 1.89. The Morgan fingerprint density at radius 3 is 2.33 bits per heavy atom. The summed E-state index contributed by atoms with van der Waals surface area (Å²) in [5.74, 6) is -0.933. The summed E-state index contributed by atoms with van der Waals surface area (Å²) in [6, 6.07) is 13.4. The maximum absolute atomic E-state index is 12.9. The number of halogens is 3. The molecule has 6 nitrogen and oxygen atoms in total. The first-order valence-corrected chi connectivity index (χ1v) is 9.00. The minimum atomic E-state index is -4.53. The second-order valence-corrected chi connectivity index (χ2v) is 6.29. The third-order valence-electron chi connectivity index (χ3n) is 4.32. The van der Waals surface area contributed by atoms with Crippen molar-refractivity contribution in [2.75, 3.05) is 18.6 Å². The maximum Gasteiger partial charge on any atom is 0.435 e. The summed E-state index contributed by atoms with van der Waals surface area (Å²) >= 11 is 0. The molecule has 0 saturated heterocycles. The molecule has 3 aromatic rings. The van der Waals surface area contributed by atoms with E-state index in [0.29, 0.717) is 16.9 Å². The van der Waals surface area contributed by atoms with Crippen LogP contribution in [0.2, 0.25) is 0 Å². The largest absolute Gasteiger partial charge is 0.462 e. The van der Waals surface area contributed by atoms with Gasteiger partial charge >= 0.3 is 12.1 Å². The molecule has 0 N–H and O–H groups in total. The van der Waals surface area contributed by atoms with Gasteiger partial charge in [0.05, 0.1) is 23.5 Å². The quantitative estimate of drug-likeness (QED) is 0.579. The van der Waals surface area contributed by atoms with Crippen molar-refractivity contribution in [3.05, 3.63) is 77.6 Å². The zero-order chi connectivity index (χ0) is 21.9. The molecule has 0 atom stereocenters. The molecule has 0 fully saturated rings. The molecule has 1 aromatic heterocycles. The molecule has 0 unspecified atom stereocenters. The van der Waals surface area contributed by atoms with E-state index < -0.39 is 23.7 Å².